The van der Waals surface area contributed by atoms with Crippen molar-refractivity contribution in [2.24, 2.45) is 5.92 Å². The van der Waals surface area contributed by atoms with Gasteiger partial charge in [-0.25, -0.2) is 0 Å². The van der Waals surface area contributed by atoms with Crippen molar-refractivity contribution in [3.8, 4) is 0 Å². The first kappa shape index (κ1) is 15.9. The van der Waals surface area contributed by atoms with Crippen LogP contribution in [0.25, 0.3) is 0 Å². The molecule has 1 atom stereocenters. The van der Waals surface area contributed by atoms with E-state index in [1.54, 1.807) is 15.3 Å². The summed E-state index contributed by atoms with van der Waals surface area (Å²) in [7, 11) is 0. The molecule has 1 saturated carbocycles. The average molecular weight is 324 g/mol. The van der Waals surface area contributed by atoms with Crippen LogP contribution in [0.4, 0.5) is 0 Å². The molecule has 118 valence electrons. The lowest BCUT2D eigenvalue weighted by Gasteiger charge is -2.26. The van der Waals surface area contributed by atoms with E-state index in [0.29, 0.717) is 6.04 Å². The number of rotatable bonds is 6. The molecule has 0 aromatic carbocycles. The molecule has 1 nitrogen and oxygen atoms in total. The molecule has 1 aliphatic heterocycles. The van der Waals surface area contributed by atoms with Gasteiger partial charge >= 0.3 is 0 Å². The van der Waals surface area contributed by atoms with E-state index >= 15 is 0 Å². The number of fused-ring (bicyclic) bond motifs is 1. The third-order valence-corrected chi connectivity index (χ3v) is 7.28. The summed E-state index contributed by atoms with van der Waals surface area (Å²) in [6, 6.07) is 3.15. The molecule has 0 spiro atoms. The molecular weight excluding hydrogens is 294 g/mol. The van der Waals surface area contributed by atoms with E-state index in [9.17, 15) is 0 Å². The van der Waals surface area contributed by atoms with E-state index in [-0.39, 0.29) is 0 Å². The Balaban J connectivity index is 1.69. The van der Waals surface area contributed by atoms with Crippen LogP contribution in [0.1, 0.15) is 73.2 Å². The number of nitrogens with one attached hydrogen (secondary N) is 1. The van der Waals surface area contributed by atoms with E-state index in [1.165, 1.54) is 62.9 Å². The van der Waals surface area contributed by atoms with Crippen LogP contribution in [0, 0.1) is 5.92 Å². The van der Waals surface area contributed by atoms with Crippen LogP contribution < -0.4 is 5.32 Å². The fourth-order valence-electron chi connectivity index (χ4n) is 3.72. The minimum atomic E-state index is 0.619. The first-order valence-corrected chi connectivity index (χ1v) is 10.8. The summed E-state index contributed by atoms with van der Waals surface area (Å²) in [4.78, 5) is 3.30. The van der Waals surface area contributed by atoms with Gasteiger partial charge in [-0.15, -0.1) is 11.3 Å². The van der Waals surface area contributed by atoms with Crippen LogP contribution in [0.15, 0.2) is 6.07 Å². The molecule has 2 heterocycles. The minimum Gasteiger partial charge on any atom is -0.309 e. The molecule has 1 aliphatic carbocycles. The van der Waals surface area contributed by atoms with E-state index in [1.807, 2.05) is 0 Å². The molecule has 2 aliphatic rings. The maximum absolute atomic E-state index is 3.85. The molecular formula is C18H29NS2. The molecule has 1 unspecified atom stereocenters. The molecule has 1 fully saturated rings. The van der Waals surface area contributed by atoms with Crippen molar-refractivity contribution in [1.29, 1.82) is 0 Å². The second kappa shape index (κ2) is 8.03. The summed E-state index contributed by atoms with van der Waals surface area (Å²) in [5, 5.41) is 3.85. The predicted molar refractivity (Wildman–Crippen MR) is 96.4 cm³/mol. The zero-order valence-corrected chi connectivity index (χ0v) is 15.0. The summed E-state index contributed by atoms with van der Waals surface area (Å²) in [6.45, 7) is 3.44. The average Bonchev–Trinajstić information content (AvgIpc) is 2.96. The molecule has 3 rings (SSSR count). The van der Waals surface area contributed by atoms with Gasteiger partial charge in [0.25, 0.3) is 0 Å². The third kappa shape index (κ3) is 4.27. The Hall–Kier alpha value is 0.01000. The van der Waals surface area contributed by atoms with E-state index in [2.05, 4.69) is 41.4 Å². The van der Waals surface area contributed by atoms with E-state index in [0.717, 1.165) is 12.5 Å². The lowest BCUT2D eigenvalue weighted by Crippen LogP contribution is -2.24. The van der Waals surface area contributed by atoms with Crippen molar-refractivity contribution in [3.63, 3.8) is 0 Å². The van der Waals surface area contributed by atoms with Crippen LogP contribution in [0.5, 0.6) is 0 Å². The Kier molecular flexibility index (Phi) is 6.08. The summed E-state index contributed by atoms with van der Waals surface area (Å²) < 4.78 is 0. The van der Waals surface area contributed by atoms with Gasteiger partial charge in [-0.05, 0) is 49.1 Å². The van der Waals surface area contributed by atoms with Gasteiger partial charge in [0.15, 0.2) is 0 Å². The minimum absolute atomic E-state index is 0.619. The third-order valence-electron chi connectivity index (χ3n) is 4.92. The van der Waals surface area contributed by atoms with Crippen molar-refractivity contribution < 1.29 is 0 Å². The topological polar surface area (TPSA) is 12.0 Å². The Morgan fingerprint density at radius 2 is 2.14 bits per heavy atom. The van der Waals surface area contributed by atoms with Crippen molar-refractivity contribution in [2.45, 2.75) is 70.1 Å². The second-order valence-electron chi connectivity index (χ2n) is 6.65. The first-order valence-electron chi connectivity index (χ1n) is 8.79. The van der Waals surface area contributed by atoms with Gasteiger partial charge in [-0.2, -0.15) is 11.8 Å². The van der Waals surface area contributed by atoms with Gasteiger partial charge in [-0.1, -0.05) is 39.0 Å². The molecule has 0 amide bonds. The van der Waals surface area contributed by atoms with Gasteiger partial charge < -0.3 is 5.32 Å². The van der Waals surface area contributed by atoms with Crippen molar-refractivity contribution >= 4 is 23.1 Å². The SMILES string of the molecule is CCCNC(CC1CCCCC1)c1cc2c(s1)CCSC2. The number of thioether (sulfide) groups is 1. The fraction of sp³-hybridized carbons (Fsp3) is 0.778. The molecule has 21 heavy (non-hydrogen) atoms. The Bertz CT molecular complexity index is 411. The van der Waals surface area contributed by atoms with Gasteiger partial charge in [0.2, 0.25) is 0 Å². The fourth-order valence-corrected chi connectivity index (χ4v) is 6.18. The number of hydrogen-bond acceptors (Lipinski definition) is 3. The van der Waals surface area contributed by atoms with Crippen molar-refractivity contribution in [2.75, 3.05) is 12.3 Å². The van der Waals surface area contributed by atoms with Gasteiger partial charge in [0, 0.05) is 21.5 Å². The van der Waals surface area contributed by atoms with Crippen LogP contribution >= 0.6 is 23.1 Å². The second-order valence-corrected chi connectivity index (χ2v) is 8.92. The molecule has 1 N–H and O–H groups in total. The summed E-state index contributed by atoms with van der Waals surface area (Å²) in [5.41, 5.74) is 1.64. The van der Waals surface area contributed by atoms with Gasteiger partial charge in [0.1, 0.15) is 0 Å². The lowest BCUT2D eigenvalue weighted by atomic mass is 9.84. The molecule has 0 radical (unpaired) electrons. The largest absolute Gasteiger partial charge is 0.309 e. The van der Waals surface area contributed by atoms with E-state index in [4.69, 9.17) is 0 Å². The first-order chi connectivity index (χ1) is 10.4. The highest BCUT2D eigenvalue weighted by molar-refractivity contribution is 7.98. The highest BCUT2D eigenvalue weighted by Crippen LogP contribution is 2.38. The number of thiophene rings is 1. The van der Waals surface area contributed by atoms with Gasteiger partial charge in [0.05, 0.1) is 0 Å². The van der Waals surface area contributed by atoms with Gasteiger partial charge in [-0.3, -0.25) is 0 Å². The van der Waals surface area contributed by atoms with Crippen LogP contribution in [-0.4, -0.2) is 12.3 Å². The van der Waals surface area contributed by atoms with Crippen LogP contribution in [0.2, 0.25) is 0 Å². The predicted octanol–water partition coefficient (Wildman–Crippen LogP) is 5.55. The maximum atomic E-state index is 3.85. The molecule has 1 aromatic rings. The normalized spacial score (nSPS) is 21.2. The van der Waals surface area contributed by atoms with Crippen molar-refractivity contribution in [3.05, 3.63) is 21.4 Å². The van der Waals surface area contributed by atoms with E-state index < -0.39 is 0 Å². The summed E-state index contributed by atoms with van der Waals surface area (Å²) in [6.07, 6.45) is 11.2. The Labute approximate surface area is 138 Å². The quantitative estimate of drug-likeness (QED) is 0.736. The molecule has 1 aromatic heterocycles. The number of aryl methyl sites for hydroxylation is 1. The molecule has 0 bridgehead atoms. The zero-order chi connectivity index (χ0) is 14.5. The number of hydrogen-bond donors (Lipinski definition) is 1. The smallest absolute Gasteiger partial charge is 0.0417 e. The Morgan fingerprint density at radius 1 is 1.29 bits per heavy atom. The maximum Gasteiger partial charge on any atom is 0.0417 e. The highest BCUT2D eigenvalue weighted by atomic mass is 32.2. The monoisotopic (exact) mass is 323 g/mol. The molecule has 0 saturated heterocycles. The standard InChI is InChI=1S/C18H29NS2/c1-2-9-19-16(11-14-6-4-3-5-7-14)18-12-15-13-20-10-8-17(15)21-18/h12,14,16,19H,2-11,13H2,1H3. The zero-order valence-electron chi connectivity index (χ0n) is 13.3. The highest BCUT2D eigenvalue weighted by Gasteiger charge is 2.23. The van der Waals surface area contributed by atoms with Crippen LogP contribution in [0.3, 0.4) is 0 Å². The lowest BCUT2D eigenvalue weighted by molar-refractivity contribution is 0.301. The summed E-state index contributed by atoms with van der Waals surface area (Å²) in [5.74, 6) is 3.53. The Morgan fingerprint density at radius 3 is 2.90 bits per heavy atom. The van der Waals surface area contributed by atoms with Crippen LogP contribution in [-0.2, 0) is 12.2 Å². The summed E-state index contributed by atoms with van der Waals surface area (Å²) >= 11 is 4.21. The molecule has 3 heteroatoms. The van der Waals surface area contributed by atoms with Crippen molar-refractivity contribution in [1.82, 2.24) is 5.32 Å².